The Morgan fingerprint density at radius 2 is 0.589 bits per heavy atom. The van der Waals surface area contributed by atoms with Crippen molar-refractivity contribution in [3.05, 3.63) is 306 Å². The van der Waals surface area contributed by atoms with Crippen molar-refractivity contribution in [1.82, 2.24) is 22.8 Å². The number of para-hydroxylation sites is 4. The summed E-state index contributed by atoms with van der Waals surface area (Å²) in [6.45, 7) is 2.11. The first kappa shape index (κ1) is 53.4. The van der Waals surface area contributed by atoms with Crippen LogP contribution in [0.5, 0.6) is 0 Å². The highest BCUT2D eigenvalue weighted by atomic mass is 15.0. The summed E-state index contributed by atoms with van der Waals surface area (Å²) >= 11 is 0. The number of rotatable bonds is 7. The maximum absolute atomic E-state index is 11.2. The largest absolute Gasteiger partial charge is 0.309 e. The lowest BCUT2D eigenvalue weighted by atomic mass is 9.99. The first-order chi connectivity index (χ1) is 46.9. The fraction of sp³-hybridized carbons (Fsp3) is 0.0233. The highest BCUT2D eigenvalue weighted by Gasteiger charge is 2.26. The van der Waals surface area contributed by atoms with Crippen molar-refractivity contribution in [3.63, 3.8) is 0 Å². The molecule has 19 aromatic rings. The van der Waals surface area contributed by atoms with Crippen LogP contribution in [0.2, 0.25) is 0 Å². The highest BCUT2D eigenvalue weighted by Crippen LogP contribution is 2.45. The van der Waals surface area contributed by atoms with Gasteiger partial charge in [-0.3, -0.25) is 0 Å². The molecule has 0 unspecified atom stereocenters. The van der Waals surface area contributed by atoms with Gasteiger partial charge in [-0.2, -0.15) is 21.0 Å². The van der Waals surface area contributed by atoms with Crippen molar-refractivity contribution in [2.24, 2.45) is 0 Å². The zero-order valence-electron chi connectivity index (χ0n) is 51.1. The van der Waals surface area contributed by atoms with E-state index in [0.29, 0.717) is 51.4 Å². The third-order valence-electron chi connectivity index (χ3n) is 19.8. The van der Waals surface area contributed by atoms with Gasteiger partial charge >= 0.3 is 0 Å². The Bertz CT molecular complexity index is 6770. The Labute approximate surface area is 543 Å². The van der Waals surface area contributed by atoms with Gasteiger partial charge in [0.05, 0.1) is 100 Å². The lowest BCUT2D eigenvalue weighted by Crippen LogP contribution is -2.04. The molecular weight excluding hydrogens is 1160 g/mol. The first-order valence-corrected chi connectivity index (χ1v) is 31.8. The van der Waals surface area contributed by atoms with Gasteiger partial charge in [-0.1, -0.05) is 157 Å². The van der Waals surface area contributed by atoms with Crippen LogP contribution in [0.4, 0.5) is 0 Å². The zero-order chi connectivity index (χ0) is 63.3. The second-order valence-electron chi connectivity index (χ2n) is 24.9. The van der Waals surface area contributed by atoms with E-state index in [0.717, 1.165) is 142 Å². The van der Waals surface area contributed by atoms with E-state index >= 15 is 0 Å². The number of aromatic nitrogens is 5. The predicted molar refractivity (Wildman–Crippen MR) is 386 cm³/mol. The number of fused-ring (bicyclic) bond motifs is 19. The molecule has 14 aromatic carbocycles. The van der Waals surface area contributed by atoms with E-state index in [1.807, 2.05) is 24.3 Å². The first-order valence-electron chi connectivity index (χ1n) is 31.8. The Balaban J connectivity index is 0.762. The van der Waals surface area contributed by atoms with Crippen LogP contribution in [-0.2, 0) is 6.42 Å². The van der Waals surface area contributed by atoms with Gasteiger partial charge in [-0.25, -0.2) is 0 Å². The van der Waals surface area contributed by atoms with Crippen LogP contribution in [-0.4, -0.2) is 22.8 Å². The maximum atomic E-state index is 11.2. The lowest BCUT2D eigenvalue weighted by Gasteiger charge is -2.16. The number of hydrogen-bond acceptors (Lipinski definition) is 4. The Hall–Kier alpha value is -13.4. The minimum atomic E-state index is 0.387. The quantitative estimate of drug-likeness (QED) is 0.158. The van der Waals surface area contributed by atoms with Crippen molar-refractivity contribution in [2.45, 2.75) is 13.3 Å². The molecule has 0 aliphatic carbocycles. The molecule has 0 fully saturated rings. The van der Waals surface area contributed by atoms with Crippen molar-refractivity contribution in [3.8, 4) is 52.7 Å². The molecule has 438 valence electrons. The fourth-order valence-electron chi connectivity index (χ4n) is 15.8. The molecule has 0 aliphatic rings. The van der Waals surface area contributed by atoms with Crippen molar-refractivity contribution in [2.75, 3.05) is 0 Å². The molecule has 19 rings (SSSR count). The average molecular weight is 1210 g/mol. The molecule has 0 saturated heterocycles. The van der Waals surface area contributed by atoms with E-state index in [-0.39, 0.29) is 0 Å². The summed E-state index contributed by atoms with van der Waals surface area (Å²) in [6, 6.07) is 103. The summed E-state index contributed by atoms with van der Waals surface area (Å²) in [5.41, 5.74) is 18.6. The molecule has 0 saturated carbocycles. The summed E-state index contributed by atoms with van der Waals surface area (Å²) in [5.74, 6) is 0. The molecule has 0 bridgehead atoms. The summed E-state index contributed by atoms with van der Waals surface area (Å²) in [7, 11) is 0. The SMILES string of the molecule is Cc1ccc2c(c1)c1cc(Cc3ccc4c(c3)c3c5ccccc5ccc3n4-c3cc(-n4c5ccccc5c5cc(-n6c7ccccc7c7ccccc76)ccc54)c(C#N)cc3C#N)ccc1n2-c1cc(-n2c3ccccc3c3c4ccccc4ccc32)c(C#N)cc1C#N. The highest BCUT2D eigenvalue weighted by molar-refractivity contribution is 6.23. The number of nitrogens with zero attached hydrogens (tertiary/aromatic N) is 9. The molecule has 9 nitrogen and oxygen atoms in total. The van der Waals surface area contributed by atoms with Gasteiger partial charge in [0.15, 0.2) is 0 Å². The fourth-order valence-corrected chi connectivity index (χ4v) is 15.8. The average Bonchev–Trinajstić information content (AvgIpc) is 1.59. The summed E-state index contributed by atoms with van der Waals surface area (Å²) in [5, 5.41) is 59.6. The van der Waals surface area contributed by atoms with Crippen LogP contribution < -0.4 is 0 Å². The predicted octanol–water partition coefficient (Wildman–Crippen LogP) is 20.9. The second-order valence-corrected chi connectivity index (χ2v) is 24.9. The van der Waals surface area contributed by atoms with Gasteiger partial charge in [-0.05, 0) is 161 Å². The minimum Gasteiger partial charge on any atom is -0.309 e. The molecule has 0 amide bonds. The molecule has 0 atom stereocenters. The third-order valence-corrected chi connectivity index (χ3v) is 19.8. The number of nitriles is 4. The Morgan fingerprint density at radius 3 is 1.09 bits per heavy atom. The normalized spacial score (nSPS) is 11.8. The topological polar surface area (TPSA) is 120 Å². The molecule has 0 radical (unpaired) electrons. The second kappa shape index (κ2) is 20.3. The van der Waals surface area contributed by atoms with Crippen LogP contribution in [0.3, 0.4) is 0 Å². The monoisotopic (exact) mass is 1210 g/mol. The van der Waals surface area contributed by atoms with E-state index < -0.39 is 0 Å². The minimum absolute atomic E-state index is 0.387. The zero-order valence-corrected chi connectivity index (χ0v) is 51.1. The molecule has 95 heavy (non-hydrogen) atoms. The van der Waals surface area contributed by atoms with E-state index in [1.165, 1.54) is 10.8 Å². The molecule has 0 spiro atoms. The summed E-state index contributed by atoms with van der Waals surface area (Å²) in [6.07, 6.45) is 0.617. The lowest BCUT2D eigenvalue weighted by molar-refractivity contribution is 1.11. The third kappa shape index (κ3) is 7.67. The van der Waals surface area contributed by atoms with Crippen LogP contribution in [0.1, 0.15) is 38.9 Å². The molecule has 0 N–H and O–H groups in total. The number of benzene rings is 14. The van der Waals surface area contributed by atoms with Gasteiger partial charge in [0.25, 0.3) is 0 Å². The van der Waals surface area contributed by atoms with Crippen LogP contribution in [0.25, 0.3) is 159 Å². The summed E-state index contributed by atoms with van der Waals surface area (Å²) in [4.78, 5) is 0. The molecule has 0 aliphatic heterocycles. The standard InChI is InChI=1S/C86H49N9/c1-51-26-32-75-67(38-51)68-40-52(27-33-76(68)93(75)82-46-83(58(49-89)43-57(82)48-88)94-74-25-13-9-21-66(74)85-61-16-4-2-14-54(61)29-35-79(85)94)39-53-28-34-78-70(41-53)86-62-17-5-3-15-55(62)30-36-80(86)95(78)84-45-81(56(47-87)42-59(84)50-90)92-73-24-12-8-20-65(73)69-44-60(31-37-77(69)92)91-71-22-10-6-18-63(71)64-19-7-11-23-72(64)91/h2-38,40-46H,39H2,1H3. The summed E-state index contributed by atoms with van der Waals surface area (Å²) < 4.78 is 11.1. The van der Waals surface area contributed by atoms with Crippen molar-refractivity contribution in [1.29, 1.82) is 21.0 Å². The van der Waals surface area contributed by atoms with Crippen molar-refractivity contribution < 1.29 is 0 Å². The van der Waals surface area contributed by atoms with E-state index in [9.17, 15) is 21.0 Å². The van der Waals surface area contributed by atoms with Crippen LogP contribution >= 0.6 is 0 Å². The number of aryl methyl sites for hydroxylation is 1. The molecule has 5 heterocycles. The maximum Gasteiger partial charge on any atom is 0.101 e. The van der Waals surface area contributed by atoms with Gasteiger partial charge < -0.3 is 22.8 Å². The van der Waals surface area contributed by atoms with Gasteiger partial charge in [0.2, 0.25) is 0 Å². The van der Waals surface area contributed by atoms with Gasteiger partial charge in [0.1, 0.15) is 24.3 Å². The molecule has 9 heteroatoms. The Morgan fingerprint density at radius 1 is 0.253 bits per heavy atom. The Kier molecular flexibility index (Phi) is 11.4. The van der Waals surface area contributed by atoms with Gasteiger partial charge in [0, 0.05) is 59.5 Å². The van der Waals surface area contributed by atoms with Gasteiger partial charge in [-0.15, -0.1) is 0 Å². The van der Waals surface area contributed by atoms with E-state index in [4.69, 9.17) is 0 Å². The molecular formula is C86H49N9. The van der Waals surface area contributed by atoms with Crippen LogP contribution in [0.15, 0.2) is 267 Å². The van der Waals surface area contributed by atoms with E-state index in [2.05, 4.69) is 285 Å². The molecule has 5 aromatic heterocycles. The number of hydrogen-bond donors (Lipinski definition) is 0. The smallest absolute Gasteiger partial charge is 0.101 e. The van der Waals surface area contributed by atoms with E-state index in [1.54, 1.807) is 12.1 Å². The van der Waals surface area contributed by atoms with Crippen LogP contribution in [0, 0.1) is 52.2 Å². The van der Waals surface area contributed by atoms with Crippen molar-refractivity contribution >= 4 is 131 Å².